The maximum Gasteiger partial charge on any atom is 0.264 e. The molecular formula is C30H35Cl2N3O5S. The summed E-state index contributed by atoms with van der Waals surface area (Å²) in [5, 5.41) is 3.33. The second-order valence-corrected chi connectivity index (χ2v) is 12.2. The summed E-state index contributed by atoms with van der Waals surface area (Å²) in [5.74, 6) is -0.308. The van der Waals surface area contributed by atoms with E-state index in [-0.39, 0.29) is 34.1 Å². The maximum absolute atomic E-state index is 14.1. The summed E-state index contributed by atoms with van der Waals surface area (Å²) in [4.78, 5) is 28.9. The van der Waals surface area contributed by atoms with Crippen molar-refractivity contribution < 1.29 is 22.7 Å². The van der Waals surface area contributed by atoms with Crippen LogP contribution in [0.3, 0.4) is 0 Å². The molecule has 220 valence electrons. The number of carbonyl (C=O) groups is 2. The van der Waals surface area contributed by atoms with E-state index >= 15 is 0 Å². The van der Waals surface area contributed by atoms with Gasteiger partial charge in [-0.3, -0.25) is 13.9 Å². The van der Waals surface area contributed by atoms with Crippen LogP contribution in [0.25, 0.3) is 0 Å². The average Bonchev–Trinajstić information content (AvgIpc) is 2.96. The van der Waals surface area contributed by atoms with Crippen LogP contribution in [-0.2, 0) is 26.2 Å². The number of halogens is 2. The number of amides is 2. The molecule has 0 aliphatic heterocycles. The number of ether oxygens (including phenoxy) is 1. The summed E-state index contributed by atoms with van der Waals surface area (Å²) in [6.07, 6.45) is 1.02. The molecule has 41 heavy (non-hydrogen) atoms. The third kappa shape index (κ3) is 8.15. The predicted molar refractivity (Wildman–Crippen MR) is 163 cm³/mol. The molecule has 0 saturated heterocycles. The Labute approximate surface area is 252 Å². The largest absolute Gasteiger partial charge is 0.497 e. The maximum atomic E-state index is 14.1. The van der Waals surface area contributed by atoms with E-state index in [1.54, 1.807) is 50.4 Å². The molecule has 0 saturated carbocycles. The van der Waals surface area contributed by atoms with E-state index in [1.165, 1.54) is 35.2 Å². The topological polar surface area (TPSA) is 96.0 Å². The summed E-state index contributed by atoms with van der Waals surface area (Å²) in [6, 6.07) is 18.3. The Morgan fingerprint density at radius 3 is 2.27 bits per heavy atom. The van der Waals surface area contributed by atoms with Gasteiger partial charge in [-0.1, -0.05) is 67.4 Å². The van der Waals surface area contributed by atoms with Gasteiger partial charge in [-0.25, -0.2) is 8.42 Å². The van der Waals surface area contributed by atoms with Crippen LogP contribution in [0.1, 0.15) is 39.2 Å². The normalized spacial score (nSPS) is 12.7. The number of hydrogen-bond donors (Lipinski definition) is 1. The molecule has 2 atom stereocenters. The first-order valence-electron chi connectivity index (χ1n) is 13.3. The Bertz CT molecular complexity index is 1450. The minimum absolute atomic E-state index is 0.0142. The van der Waals surface area contributed by atoms with Crippen molar-refractivity contribution in [2.45, 2.75) is 57.1 Å². The van der Waals surface area contributed by atoms with Crippen LogP contribution >= 0.6 is 23.2 Å². The zero-order valence-electron chi connectivity index (χ0n) is 23.5. The zero-order chi connectivity index (χ0) is 30.2. The molecular weight excluding hydrogens is 585 g/mol. The molecule has 3 aromatic carbocycles. The fourth-order valence-electron chi connectivity index (χ4n) is 4.24. The molecule has 0 aliphatic carbocycles. The van der Waals surface area contributed by atoms with Gasteiger partial charge in [0.15, 0.2) is 0 Å². The van der Waals surface area contributed by atoms with Gasteiger partial charge in [0.05, 0.1) is 22.7 Å². The van der Waals surface area contributed by atoms with Gasteiger partial charge < -0.3 is 15.0 Å². The van der Waals surface area contributed by atoms with E-state index in [1.807, 2.05) is 19.9 Å². The monoisotopic (exact) mass is 619 g/mol. The highest BCUT2D eigenvalue weighted by Gasteiger charge is 2.34. The lowest BCUT2D eigenvalue weighted by Gasteiger charge is -2.34. The molecule has 0 heterocycles. The lowest BCUT2D eigenvalue weighted by atomic mass is 10.1. The van der Waals surface area contributed by atoms with Crippen molar-refractivity contribution in [1.82, 2.24) is 10.2 Å². The number of sulfonamides is 1. The molecule has 0 unspecified atom stereocenters. The first-order valence-corrected chi connectivity index (χ1v) is 15.5. The number of anilines is 1. The smallest absolute Gasteiger partial charge is 0.264 e. The highest BCUT2D eigenvalue weighted by molar-refractivity contribution is 7.92. The third-order valence-electron chi connectivity index (χ3n) is 6.66. The minimum atomic E-state index is -4.24. The minimum Gasteiger partial charge on any atom is -0.497 e. The van der Waals surface area contributed by atoms with Crippen molar-refractivity contribution in [1.29, 1.82) is 0 Å². The van der Waals surface area contributed by atoms with Gasteiger partial charge in [0, 0.05) is 17.6 Å². The summed E-state index contributed by atoms with van der Waals surface area (Å²) in [6.45, 7) is 5.09. The first kappa shape index (κ1) is 32.2. The lowest BCUT2D eigenvalue weighted by Crippen LogP contribution is -2.53. The van der Waals surface area contributed by atoms with Crippen LogP contribution in [0.5, 0.6) is 5.75 Å². The molecule has 8 nitrogen and oxygen atoms in total. The summed E-state index contributed by atoms with van der Waals surface area (Å²) >= 11 is 12.6. The first-order chi connectivity index (χ1) is 19.5. The van der Waals surface area contributed by atoms with Gasteiger partial charge >= 0.3 is 0 Å². The van der Waals surface area contributed by atoms with Crippen molar-refractivity contribution in [2.75, 3.05) is 18.0 Å². The second-order valence-electron chi connectivity index (χ2n) is 9.54. The molecule has 3 rings (SSSR count). The van der Waals surface area contributed by atoms with Crippen molar-refractivity contribution in [2.24, 2.45) is 0 Å². The van der Waals surface area contributed by atoms with E-state index in [9.17, 15) is 18.0 Å². The molecule has 0 bridgehead atoms. The van der Waals surface area contributed by atoms with Gasteiger partial charge in [0.25, 0.3) is 10.0 Å². The van der Waals surface area contributed by atoms with E-state index < -0.39 is 28.5 Å². The standard InChI is InChI=1S/C30H35Cl2N3O5S/c1-5-21(3)33-30(37)27(6-2)34(19-22-11-10-12-24(17-22)40-4)29(36)20-35(28-16-15-23(31)18-26(28)32)41(38,39)25-13-8-7-9-14-25/h7-18,21,27H,5-6,19-20H2,1-4H3,(H,33,37)/t21-,27+/m0/s1. The van der Waals surface area contributed by atoms with E-state index in [0.717, 1.165) is 9.87 Å². The average molecular weight is 621 g/mol. The molecule has 0 spiro atoms. The highest BCUT2D eigenvalue weighted by atomic mass is 35.5. The van der Waals surface area contributed by atoms with Gasteiger partial charge in [0.2, 0.25) is 11.8 Å². The number of hydrogen-bond acceptors (Lipinski definition) is 5. The second kappa shape index (κ2) is 14.6. The predicted octanol–water partition coefficient (Wildman–Crippen LogP) is 5.92. The Morgan fingerprint density at radius 2 is 1.66 bits per heavy atom. The highest BCUT2D eigenvalue weighted by Crippen LogP contribution is 2.33. The Morgan fingerprint density at radius 1 is 0.951 bits per heavy atom. The number of nitrogens with zero attached hydrogens (tertiary/aromatic N) is 2. The summed E-state index contributed by atoms with van der Waals surface area (Å²) < 4.78 is 34.1. The SMILES string of the molecule is CC[C@H](C(=O)N[C@@H](C)CC)N(Cc1cccc(OC)c1)C(=O)CN(c1ccc(Cl)cc1Cl)S(=O)(=O)c1ccccc1. The van der Waals surface area contributed by atoms with Crippen molar-refractivity contribution in [3.8, 4) is 5.75 Å². The van der Waals surface area contributed by atoms with Crippen molar-refractivity contribution in [3.05, 3.63) is 88.4 Å². The Kier molecular flexibility index (Phi) is 11.5. The molecule has 0 aromatic heterocycles. The van der Waals surface area contributed by atoms with E-state index in [2.05, 4.69) is 5.32 Å². The Hall–Kier alpha value is -3.27. The molecule has 0 fully saturated rings. The number of nitrogens with one attached hydrogen (secondary N) is 1. The molecule has 11 heteroatoms. The molecule has 2 amide bonds. The van der Waals surface area contributed by atoms with Crippen LogP contribution in [0, 0.1) is 0 Å². The van der Waals surface area contributed by atoms with Crippen LogP contribution < -0.4 is 14.4 Å². The molecule has 1 N–H and O–H groups in total. The lowest BCUT2D eigenvalue weighted by molar-refractivity contribution is -0.140. The van der Waals surface area contributed by atoms with Gasteiger partial charge in [-0.05, 0) is 67.8 Å². The fourth-order valence-corrected chi connectivity index (χ4v) is 6.26. The van der Waals surface area contributed by atoms with Crippen LogP contribution in [0.4, 0.5) is 5.69 Å². The molecule has 0 radical (unpaired) electrons. The van der Waals surface area contributed by atoms with Gasteiger partial charge in [-0.15, -0.1) is 0 Å². The van der Waals surface area contributed by atoms with Gasteiger partial charge in [0.1, 0.15) is 18.3 Å². The third-order valence-corrected chi connectivity index (χ3v) is 8.97. The van der Waals surface area contributed by atoms with E-state index in [0.29, 0.717) is 23.6 Å². The van der Waals surface area contributed by atoms with E-state index in [4.69, 9.17) is 27.9 Å². The van der Waals surface area contributed by atoms with Crippen LogP contribution in [0.2, 0.25) is 10.0 Å². The Balaban J connectivity index is 2.09. The van der Waals surface area contributed by atoms with Gasteiger partial charge in [-0.2, -0.15) is 0 Å². The molecule has 0 aliphatic rings. The van der Waals surface area contributed by atoms with Crippen molar-refractivity contribution in [3.63, 3.8) is 0 Å². The number of methoxy groups -OCH3 is 1. The quantitative estimate of drug-likeness (QED) is 0.256. The van der Waals surface area contributed by atoms with Crippen LogP contribution in [0.15, 0.2) is 77.7 Å². The summed E-state index contributed by atoms with van der Waals surface area (Å²) in [5.41, 5.74) is 0.807. The van der Waals surface area contributed by atoms with Crippen LogP contribution in [-0.4, -0.2) is 50.9 Å². The van der Waals surface area contributed by atoms with Crippen molar-refractivity contribution >= 4 is 50.7 Å². The summed E-state index contributed by atoms with van der Waals surface area (Å²) in [7, 11) is -2.70. The fraction of sp³-hybridized carbons (Fsp3) is 0.333. The number of benzene rings is 3. The molecule has 3 aromatic rings. The number of rotatable bonds is 13. The zero-order valence-corrected chi connectivity index (χ0v) is 25.8. The number of carbonyl (C=O) groups excluding carboxylic acids is 2.